The molecule has 1 aromatic carbocycles. The second-order valence-electron chi connectivity index (χ2n) is 6.61. The highest BCUT2D eigenvalue weighted by Crippen LogP contribution is 2.12. The molecule has 0 amide bonds. The fourth-order valence-electron chi connectivity index (χ4n) is 2.96. The summed E-state index contributed by atoms with van der Waals surface area (Å²) in [7, 11) is -3.77. The van der Waals surface area contributed by atoms with Gasteiger partial charge in [-0.15, -0.1) is 0 Å². The van der Waals surface area contributed by atoms with Gasteiger partial charge in [0.2, 0.25) is 0 Å². The van der Waals surface area contributed by atoms with Crippen molar-refractivity contribution in [3.05, 3.63) is 24.3 Å². The molecule has 0 radical (unpaired) electrons. The van der Waals surface area contributed by atoms with Gasteiger partial charge in [-0.1, -0.05) is 63.5 Å². The summed E-state index contributed by atoms with van der Waals surface area (Å²) in [6.45, 7) is 0.877. The van der Waals surface area contributed by atoms with Gasteiger partial charge in [-0.05, 0) is 25.0 Å². The Balaban J connectivity index is 1.41. The number of hydrogen-bond donors (Lipinski definition) is 1. The molecule has 25 heavy (non-hydrogen) atoms. The molecular formula is C18H29N3O3S. The van der Waals surface area contributed by atoms with E-state index in [9.17, 15) is 8.42 Å². The second-order valence-corrected chi connectivity index (χ2v) is 8.18. The van der Waals surface area contributed by atoms with Gasteiger partial charge < -0.3 is 0 Å². The molecule has 0 saturated heterocycles. The highest BCUT2D eigenvalue weighted by atomic mass is 32.2. The molecule has 7 heteroatoms. The average molecular weight is 368 g/mol. The predicted molar refractivity (Wildman–Crippen MR) is 100 cm³/mol. The van der Waals surface area contributed by atoms with Crippen LogP contribution in [0.25, 0.3) is 11.0 Å². The SMILES string of the molecule is O=S(=O)(O)CCCCCCCCCCCCn1nc2ccccc2n1. The van der Waals surface area contributed by atoms with E-state index in [0.717, 1.165) is 43.3 Å². The van der Waals surface area contributed by atoms with E-state index >= 15 is 0 Å². The Morgan fingerprint density at radius 3 is 1.68 bits per heavy atom. The third kappa shape index (κ3) is 8.45. The fourth-order valence-corrected chi connectivity index (χ4v) is 3.53. The van der Waals surface area contributed by atoms with Crippen LogP contribution in [0.1, 0.15) is 64.2 Å². The molecule has 0 aliphatic carbocycles. The first kappa shape index (κ1) is 19.8. The molecule has 2 aromatic rings. The minimum Gasteiger partial charge on any atom is -0.286 e. The number of nitrogens with zero attached hydrogens (tertiary/aromatic N) is 3. The highest BCUT2D eigenvalue weighted by molar-refractivity contribution is 7.85. The van der Waals surface area contributed by atoms with E-state index in [1.807, 2.05) is 24.3 Å². The predicted octanol–water partition coefficient (Wildman–Crippen LogP) is 4.22. The van der Waals surface area contributed by atoms with Crippen molar-refractivity contribution in [2.24, 2.45) is 0 Å². The highest BCUT2D eigenvalue weighted by Gasteiger charge is 2.03. The van der Waals surface area contributed by atoms with E-state index in [4.69, 9.17) is 4.55 Å². The minimum atomic E-state index is -3.77. The van der Waals surface area contributed by atoms with Crippen molar-refractivity contribution in [2.45, 2.75) is 70.8 Å². The number of benzene rings is 1. The summed E-state index contributed by atoms with van der Waals surface area (Å²) in [5, 5.41) is 8.93. The summed E-state index contributed by atoms with van der Waals surface area (Å²) in [5.74, 6) is -0.104. The lowest BCUT2D eigenvalue weighted by atomic mass is 10.1. The van der Waals surface area contributed by atoms with Crippen molar-refractivity contribution in [2.75, 3.05) is 5.75 Å². The number of aryl methyl sites for hydroxylation is 1. The van der Waals surface area contributed by atoms with Crippen LogP contribution in [0.3, 0.4) is 0 Å². The Kier molecular flexibility index (Phi) is 8.34. The summed E-state index contributed by atoms with van der Waals surface area (Å²) < 4.78 is 29.8. The van der Waals surface area contributed by atoms with E-state index in [-0.39, 0.29) is 5.75 Å². The maximum atomic E-state index is 10.6. The molecule has 1 heterocycles. The first-order valence-electron chi connectivity index (χ1n) is 9.30. The molecule has 2 rings (SSSR count). The zero-order chi connectivity index (χ0) is 18.0. The minimum absolute atomic E-state index is 0.104. The Hall–Kier alpha value is -1.47. The maximum absolute atomic E-state index is 10.6. The molecule has 0 saturated carbocycles. The Morgan fingerprint density at radius 2 is 1.20 bits per heavy atom. The van der Waals surface area contributed by atoms with E-state index < -0.39 is 10.1 Å². The maximum Gasteiger partial charge on any atom is 0.264 e. The summed E-state index contributed by atoms with van der Waals surface area (Å²) in [6, 6.07) is 7.94. The largest absolute Gasteiger partial charge is 0.286 e. The molecule has 1 N–H and O–H groups in total. The van der Waals surface area contributed by atoms with Crippen LogP contribution in [-0.4, -0.2) is 33.7 Å². The van der Waals surface area contributed by atoms with E-state index in [1.54, 1.807) is 4.80 Å². The standard InChI is InChI=1S/C18H29N3O3S/c22-25(23,24)16-12-8-6-4-2-1-3-5-7-11-15-21-19-17-13-9-10-14-18(17)20-21/h9-10,13-14H,1-8,11-12,15-16H2,(H,22,23,24). The topological polar surface area (TPSA) is 85.1 Å². The molecule has 0 unspecified atom stereocenters. The van der Waals surface area contributed by atoms with Crippen molar-refractivity contribution in [3.8, 4) is 0 Å². The Morgan fingerprint density at radius 1 is 0.760 bits per heavy atom. The van der Waals surface area contributed by atoms with E-state index in [1.165, 1.54) is 32.1 Å². The molecular weight excluding hydrogens is 338 g/mol. The second kappa shape index (κ2) is 10.5. The van der Waals surface area contributed by atoms with Crippen molar-refractivity contribution in [3.63, 3.8) is 0 Å². The van der Waals surface area contributed by atoms with E-state index in [2.05, 4.69) is 10.2 Å². The zero-order valence-corrected chi connectivity index (χ0v) is 15.6. The summed E-state index contributed by atoms with van der Waals surface area (Å²) in [5.41, 5.74) is 1.91. The first-order valence-corrected chi connectivity index (χ1v) is 10.9. The average Bonchev–Trinajstić information content (AvgIpc) is 2.97. The normalized spacial score (nSPS) is 12.0. The molecule has 140 valence electrons. The third-order valence-electron chi connectivity index (χ3n) is 4.34. The van der Waals surface area contributed by atoms with Gasteiger partial charge in [0.15, 0.2) is 0 Å². The molecule has 6 nitrogen and oxygen atoms in total. The molecule has 0 fully saturated rings. The van der Waals surface area contributed by atoms with Crippen LogP contribution in [0.15, 0.2) is 24.3 Å². The lowest BCUT2D eigenvalue weighted by Crippen LogP contribution is -2.03. The summed E-state index contributed by atoms with van der Waals surface area (Å²) >= 11 is 0. The van der Waals surface area contributed by atoms with Crippen LogP contribution in [0.4, 0.5) is 0 Å². The van der Waals surface area contributed by atoms with E-state index in [0.29, 0.717) is 6.42 Å². The van der Waals surface area contributed by atoms with Crippen LogP contribution in [0, 0.1) is 0 Å². The van der Waals surface area contributed by atoms with Gasteiger partial charge in [-0.2, -0.15) is 23.4 Å². The van der Waals surface area contributed by atoms with Gasteiger partial charge in [-0.25, -0.2) is 0 Å². The van der Waals surface area contributed by atoms with Gasteiger partial charge in [0.25, 0.3) is 10.1 Å². The van der Waals surface area contributed by atoms with Crippen LogP contribution in [-0.2, 0) is 16.7 Å². The fraction of sp³-hybridized carbons (Fsp3) is 0.667. The molecule has 0 bridgehead atoms. The van der Waals surface area contributed by atoms with Gasteiger partial charge in [0.05, 0.1) is 12.3 Å². The van der Waals surface area contributed by atoms with Crippen LogP contribution in [0.5, 0.6) is 0 Å². The first-order chi connectivity index (χ1) is 12.0. The monoisotopic (exact) mass is 367 g/mol. The summed E-state index contributed by atoms with van der Waals surface area (Å²) in [4.78, 5) is 1.80. The van der Waals surface area contributed by atoms with Crippen molar-refractivity contribution >= 4 is 21.2 Å². The van der Waals surface area contributed by atoms with Gasteiger partial charge in [0.1, 0.15) is 11.0 Å². The van der Waals surface area contributed by atoms with Crippen LogP contribution in [0.2, 0.25) is 0 Å². The number of aromatic nitrogens is 3. The van der Waals surface area contributed by atoms with Crippen molar-refractivity contribution < 1.29 is 13.0 Å². The lowest BCUT2D eigenvalue weighted by Gasteiger charge is -2.03. The van der Waals surface area contributed by atoms with Gasteiger partial charge in [0, 0.05) is 0 Å². The number of fused-ring (bicyclic) bond motifs is 1. The Bertz CT molecular complexity index is 695. The van der Waals surface area contributed by atoms with Gasteiger partial charge in [-0.3, -0.25) is 4.55 Å². The zero-order valence-electron chi connectivity index (χ0n) is 14.8. The summed E-state index contributed by atoms with van der Waals surface area (Å²) in [6.07, 6.45) is 10.9. The van der Waals surface area contributed by atoms with Crippen molar-refractivity contribution in [1.29, 1.82) is 0 Å². The number of rotatable bonds is 13. The molecule has 0 aliphatic heterocycles. The van der Waals surface area contributed by atoms with Crippen molar-refractivity contribution in [1.82, 2.24) is 15.0 Å². The molecule has 0 aliphatic rings. The quantitative estimate of drug-likeness (QED) is 0.423. The molecule has 0 atom stereocenters. The van der Waals surface area contributed by atoms with Crippen LogP contribution < -0.4 is 0 Å². The molecule has 0 spiro atoms. The molecule has 1 aromatic heterocycles. The number of hydrogen-bond acceptors (Lipinski definition) is 4. The Labute approximate surface area is 150 Å². The number of unbranched alkanes of at least 4 members (excludes halogenated alkanes) is 9. The smallest absolute Gasteiger partial charge is 0.264 e. The third-order valence-corrected chi connectivity index (χ3v) is 5.14. The van der Waals surface area contributed by atoms with Gasteiger partial charge >= 0.3 is 0 Å². The van der Waals surface area contributed by atoms with Crippen LogP contribution >= 0.6 is 0 Å². The lowest BCUT2D eigenvalue weighted by molar-refractivity contribution is 0.476.